The van der Waals surface area contributed by atoms with Crippen molar-refractivity contribution in [1.82, 2.24) is 15.1 Å². The molecule has 0 radical (unpaired) electrons. The Morgan fingerprint density at radius 3 is 2.80 bits per heavy atom. The van der Waals surface area contributed by atoms with Crippen LogP contribution in [0.25, 0.3) is 0 Å². The van der Waals surface area contributed by atoms with E-state index in [-0.39, 0.29) is 0 Å². The zero-order valence-electron chi connectivity index (χ0n) is 9.58. The van der Waals surface area contributed by atoms with E-state index in [0.29, 0.717) is 6.04 Å². The molecule has 0 spiro atoms. The van der Waals surface area contributed by atoms with Crippen molar-refractivity contribution < 1.29 is 0 Å². The van der Waals surface area contributed by atoms with Gasteiger partial charge in [-0.3, -0.25) is 4.68 Å². The molecule has 2 aliphatic carbocycles. The Balaban J connectivity index is 2.08. The maximum Gasteiger partial charge on any atom is 0.0706 e. The highest BCUT2D eigenvalue weighted by molar-refractivity contribution is 5.36. The fourth-order valence-electron chi connectivity index (χ4n) is 2.84. The summed E-state index contributed by atoms with van der Waals surface area (Å²) in [6, 6.07) is 0.554. The molecule has 3 nitrogen and oxygen atoms in total. The summed E-state index contributed by atoms with van der Waals surface area (Å²) in [6.45, 7) is 0. The summed E-state index contributed by atoms with van der Waals surface area (Å²) in [5, 5.41) is 8.17. The van der Waals surface area contributed by atoms with E-state index in [1.807, 2.05) is 0 Å². The molecule has 1 unspecified atom stereocenters. The number of hydrogen-bond donors (Lipinski definition) is 1. The molecule has 1 aromatic rings. The SMILES string of the molecule is CNC1CCCc2c1c(C1CC1)nn2C. The lowest BCUT2D eigenvalue weighted by Gasteiger charge is -2.23. The van der Waals surface area contributed by atoms with Crippen LogP contribution in [0.15, 0.2) is 0 Å². The zero-order valence-corrected chi connectivity index (χ0v) is 9.58. The summed E-state index contributed by atoms with van der Waals surface area (Å²) in [4.78, 5) is 0. The minimum Gasteiger partial charge on any atom is -0.313 e. The Morgan fingerprint density at radius 2 is 2.13 bits per heavy atom. The monoisotopic (exact) mass is 205 g/mol. The van der Waals surface area contributed by atoms with Gasteiger partial charge in [-0.2, -0.15) is 5.10 Å². The Labute approximate surface area is 90.9 Å². The first-order valence-electron chi connectivity index (χ1n) is 6.04. The third kappa shape index (κ3) is 1.41. The molecule has 1 N–H and O–H groups in total. The van der Waals surface area contributed by atoms with Gasteiger partial charge in [0, 0.05) is 30.3 Å². The van der Waals surface area contributed by atoms with Crippen molar-refractivity contribution in [3.05, 3.63) is 17.0 Å². The minimum absolute atomic E-state index is 0.554. The molecule has 0 saturated heterocycles. The number of fused-ring (bicyclic) bond motifs is 1. The molecule has 1 heterocycles. The molecular weight excluding hydrogens is 186 g/mol. The molecule has 3 rings (SSSR count). The van der Waals surface area contributed by atoms with Gasteiger partial charge in [-0.05, 0) is 39.2 Å². The molecule has 1 fully saturated rings. The van der Waals surface area contributed by atoms with Gasteiger partial charge in [0.25, 0.3) is 0 Å². The molecule has 0 aromatic carbocycles. The number of aryl methyl sites for hydroxylation is 1. The van der Waals surface area contributed by atoms with E-state index in [2.05, 4.69) is 24.1 Å². The Hall–Kier alpha value is -0.830. The number of hydrogen-bond acceptors (Lipinski definition) is 2. The van der Waals surface area contributed by atoms with Crippen molar-refractivity contribution in [2.75, 3.05) is 7.05 Å². The maximum absolute atomic E-state index is 4.73. The van der Waals surface area contributed by atoms with Crippen LogP contribution in [-0.2, 0) is 13.5 Å². The third-order valence-electron chi connectivity index (χ3n) is 3.80. The van der Waals surface area contributed by atoms with Crippen LogP contribution in [-0.4, -0.2) is 16.8 Å². The van der Waals surface area contributed by atoms with Gasteiger partial charge in [-0.15, -0.1) is 0 Å². The van der Waals surface area contributed by atoms with Crippen LogP contribution in [0.4, 0.5) is 0 Å². The van der Waals surface area contributed by atoms with Crippen LogP contribution >= 0.6 is 0 Å². The summed E-state index contributed by atoms with van der Waals surface area (Å²) in [5.74, 6) is 0.772. The molecule has 1 aromatic heterocycles. The number of aromatic nitrogens is 2. The van der Waals surface area contributed by atoms with Crippen molar-refractivity contribution in [2.45, 2.75) is 44.1 Å². The van der Waals surface area contributed by atoms with Crippen LogP contribution in [0.5, 0.6) is 0 Å². The second-order valence-corrected chi connectivity index (χ2v) is 4.88. The van der Waals surface area contributed by atoms with Gasteiger partial charge in [0.05, 0.1) is 5.69 Å². The molecule has 1 atom stereocenters. The van der Waals surface area contributed by atoms with Gasteiger partial charge in [-0.25, -0.2) is 0 Å². The van der Waals surface area contributed by atoms with Gasteiger partial charge in [0.2, 0.25) is 0 Å². The van der Waals surface area contributed by atoms with E-state index in [1.54, 1.807) is 0 Å². The van der Waals surface area contributed by atoms with E-state index in [4.69, 9.17) is 5.10 Å². The Bertz CT molecular complexity index is 376. The molecule has 0 aliphatic heterocycles. The summed E-state index contributed by atoms with van der Waals surface area (Å²) in [5.41, 5.74) is 4.41. The number of nitrogens with zero attached hydrogens (tertiary/aromatic N) is 2. The topological polar surface area (TPSA) is 29.9 Å². The standard InChI is InChI=1S/C12H19N3/c1-13-9-4-3-5-10-11(9)12(8-6-7-8)14-15(10)2/h8-9,13H,3-7H2,1-2H3. The Kier molecular flexibility index (Phi) is 2.09. The van der Waals surface area contributed by atoms with Gasteiger partial charge in [0.1, 0.15) is 0 Å². The highest BCUT2D eigenvalue weighted by Crippen LogP contribution is 2.45. The van der Waals surface area contributed by atoms with Crippen molar-refractivity contribution in [2.24, 2.45) is 7.05 Å². The molecule has 0 amide bonds. The third-order valence-corrected chi connectivity index (χ3v) is 3.80. The summed E-state index contributed by atoms with van der Waals surface area (Å²) in [6.07, 6.45) is 6.47. The number of rotatable bonds is 2. The van der Waals surface area contributed by atoms with Gasteiger partial charge < -0.3 is 5.32 Å². The van der Waals surface area contributed by atoms with Crippen molar-refractivity contribution >= 4 is 0 Å². The van der Waals surface area contributed by atoms with E-state index in [1.165, 1.54) is 49.1 Å². The van der Waals surface area contributed by atoms with Crippen LogP contribution < -0.4 is 5.32 Å². The smallest absolute Gasteiger partial charge is 0.0706 e. The lowest BCUT2D eigenvalue weighted by atomic mass is 9.90. The van der Waals surface area contributed by atoms with Crippen molar-refractivity contribution in [3.8, 4) is 0 Å². The highest BCUT2D eigenvalue weighted by Gasteiger charge is 2.34. The van der Waals surface area contributed by atoms with Gasteiger partial charge in [0.15, 0.2) is 0 Å². The van der Waals surface area contributed by atoms with Gasteiger partial charge >= 0.3 is 0 Å². The molecule has 2 aliphatic rings. The van der Waals surface area contributed by atoms with Crippen LogP contribution in [0.3, 0.4) is 0 Å². The molecule has 15 heavy (non-hydrogen) atoms. The lowest BCUT2D eigenvalue weighted by molar-refractivity contribution is 0.484. The first-order valence-corrected chi connectivity index (χ1v) is 6.04. The molecular formula is C12H19N3. The molecule has 1 saturated carbocycles. The van der Waals surface area contributed by atoms with Crippen LogP contribution in [0.1, 0.15) is 54.6 Å². The summed E-state index contributed by atoms with van der Waals surface area (Å²) < 4.78 is 2.12. The minimum atomic E-state index is 0.554. The first-order chi connectivity index (χ1) is 7.31. The predicted molar refractivity (Wildman–Crippen MR) is 59.9 cm³/mol. The fourth-order valence-corrected chi connectivity index (χ4v) is 2.84. The van der Waals surface area contributed by atoms with Crippen molar-refractivity contribution in [1.29, 1.82) is 0 Å². The van der Waals surface area contributed by atoms with Crippen LogP contribution in [0.2, 0.25) is 0 Å². The molecule has 3 heteroatoms. The van der Waals surface area contributed by atoms with E-state index >= 15 is 0 Å². The molecule has 82 valence electrons. The van der Waals surface area contributed by atoms with Crippen molar-refractivity contribution in [3.63, 3.8) is 0 Å². The Morgan fingerprint density at radius 1 is 1.33 bits per heavy atom. The molecule has 0 bridgehead atoms. The largest absolute Gasteiger partial charge is 0.313 e. The van der Waals surface area contributed by atoms with E-state index in [9.17, 15) is 0 Å². The first kappa shape index (κ1) is 9.40. The van der Waals surface area contributed by atoms with E-state index in [0.717, 1.165) is 5.92 Å². The normalized spacial score (nSPS) is 25.3. The lowest BCUT2D eigenvalue weighted by Crippen LogP contribution is -2.22. The number of nitrogens with one attached hydrogen (secondary N) is 1. The fraction of sp³-hybridized carbons (Fsp3) is 0.750. The highest BCUT2D eigenvalue weighted by atomic mass is 15.3. The summed E-state index contributed by atoms with van der Waals surface area (Å²) >= 11 is 0. The second-order valence-electron chi connectivity index (χ2n) is 4.88. The quantitative estimate of drug-likeness (QED) is 0.799. The van der Waals surface area contributed by atoms with E-state index < -0.39 is 0 Å². The predicted octanol–water partition coefficient (Wildman–Crippen LogP) is 1.89. The second kappa shape index (κ2) is 3.34. The van der Waals surface area contributed by atoms with Crippen LogP contribution in [0, 0.1) is 0 Å². The average molecular weight is 205 g/mol. The maximum atomic E-state index is 4.73. The van der Waals surface area contributed by atoms with Gasteiger partial charge in [-0.1, -0.05) is 0 Å². The summed E-state index contributed by atoms with van der Waals surface area (Å²) in [7, 11) is 4.17. The zero-order chi connectivity index (χ0) is 10.4. The average Bonchev–Trinajstić information content (AvgIpc) is 3.04.